The van der Waals surface area contributed by atoms with Crippen LogP contribution in [0.15, 0.2) is 35.8 Å². The fraction of sp³-hybridized carbons (Fsp3) is 0.100. The molecular formula is C10H8Cl2NS+. The Kier molecular flexibility index (Phi) is 3.06. The molecule has 1 aromatic carbocycles. The summed E-state index contributed by atoms with van der Waals surface area (Å²) in [4.78, 5) is 0. The van der Waals surface area contributed by atoms with E-state index in [4.69, 9.17) is 23.2 Å². The number of rotatable bonds is 2. The van der Waals surface area contributed by atoms with Crippen LogP contribution in [0, 0.1) is 0 Å². The zero-order chi connectivity index (χ0) is 9.97. The maximum Gasteiger partial charge on any atom is 0.305 e. The number of benzene rings is 1. The van der Waals surface area contributed by atoms with Crippen LogP contribution in [0.25, 0.3) is 0 Å². The first-order valence-electron chi connectivity index (χ1n) is 4.13. The molecular weight excluding hydrogens is 237 g/mol. The molecule has 0 saturated carbocycles. The van der Waals surface area contributed by atoms with E-state index in [0.29, 0.717) is 9.49 Å². The first-order chi connectivity index (χ1) is 6.77. The van der Waals surface area contributed by atoms with E-state index in [1.54, 1.807) is 0 Å². The number of hydrogen-bond donors (Lipinski definition) is 0. The first kappa shape index (κ1) is 9.97. The van der Waals surface area contributed by atoms with Crippen molar-refractivity contribution < 1.29 is 4.57 Å². The number of aromatic nitrogens is 1. The third-order valence-corrected chi connectivity index (χ3v) is 3.71. The molecule has 0 spiro atoms. The summed E-state index contributed by atoms with van der Waals surface area (Å²) in [5, 5.41) is 0.612. The minimum atomic E-state index is 0.612. The van der Waals surface area contributed by atoms with Gasteiger partial charge in [0.1, 0.15) is 0 Å². The SMILES string of the molecule is Clc1sc[n+](Cc2ccccc2)c1Cl. The zero-order valence-electron chi connectivity index (χ0n) is 7.28. The smallest absolute Gasteiger partial charge is 0.173 e. The summed E-state index contributed by atoms with van der Waals surface area (Å²) in [7, 11) is 0. The minimum Gasteiger partial charge on any atom is -0.173 e. The lowest BCUT2D eigenvalue weighted by atomic mass is 10.2. The third-order valence-electron chi connectivity index (χ3n) is 1.89. The van der Waals surface area contributed by atoms with Crippen molar-refractivity contribution in [3.8, 4) is 0 Å². The highest BCUT2D eigenvalue weighted by Gasteiger charge is 2.15. The van der Waals surface area contributed by atoms with E-state index in [0.717, 1.165) is 6.54 Å². The van der Waals surface area contributed by atoms with E-state index in [1.807, 2.05) is 28.3 Å². The van der Waals surface area contributed by atoms with E-state index >= 15 is 0 Å². The summed E-state index contributed by atoms with van der Waals surface area (Å²) < 4.78 is 2.58. The lowest BCUT2D eigenvalue weighted by molar-refractivity contribution is -0.681. The molecule has 0 atom stereocenters. The highest BCUT2D eigenvalue weighted by Crippen LogP contribution is 2.22. The molecule has 0 aliphatic carbocycles. The second kappa shape index (κ2) is 4.30. The van der Waals surface area contributed by atoms with Crippen LogP contribution in [0.3, 0.4) is 0 Å². The molecule has 0 unspecified atom stereocenters. The van der Waals surface area contributed by atoms with Crippen LogP contribution in [0.4, 0.5) is 0 Å². The Morgan fingerprint density at radius 1 is 1.14 bits per heavy atom. The Labute approximate surface area is 96.5 Å². The van der Waals surface area contributed by atoms with Crippen LogP contribution >= 0.6 is 34.5 Å². The molecule has 0 bridgehead atoms. The van der Waals surface area contributed by atoms with E-state index in [-0.39, 0.29) is 0 Å². The Morgan fingerprint density at radius 2 is 1.86 bits per heavy atom. The van der Waals surface area contributed by atoms with Gasteiger partial charge in [0.2, 0.25) is 5.51 Å². The molecule has 14 heavy (non-hydrogen) atoms. The maximum absolute atomic E-state index is 6.00. The molecule has 0 radical (unpaired) electrons. The van der Waals surface area contributed by atoms with E-state index in [2.05, 4.69) is 12.1 Å². The molecule has 0 amide bonds. The van der Waals surface area contributed by atoms with Crippen LogP contribution in [-0.2, 0) is 6.54 Å². The zero-order valence-corrected chi connectivity index (χ0v) is 9.61. The highest BCUT2D eigenvalue weighted by molar-refractivity contribution is 7.14. The molecule has 2 rings (SSSR count). The Bertz CT molecular complexity index is 425. The van der Waals surface area contributed by atoms with Gasteiger partial charge in [-0.25, -0.2) is 0 Å². The van der Waals surface area contributed by atoms with E-state index in [1.165, 1.54) is 16.9 Å². The predicted molar refractivity (Wildman–Crippen MR) is 60.1 cm³/mol. The van der Waals surface area contributed by atoms with Crippen molar-refractivity contribution >= 4 is 34.5 Å². The fourth-order valence-electron chi connectivity index (χ4n) is 1.20. The van der Waals surface area contributed by atoms with Crippen molar-refractivity contribution in [2.75, 3.05) is 0 Å². The molecule has 2 aromatic rings. The van der Waals surface area contributed by atoms with Gasteiger partial charge in [-0.3, -0.25) is 0 Å². The number of nitrogens with zero attached hydrogens (tertiary/aromatic N) is 1. The van der Waals surface area contributed by atoms with Crippen molar-refractivity contribution in [2.24, 2.45) is 0 Å². The number of halogens is 2. The van der Waals surface area contributed by atoms with Crippen LogP contribution in [0.2, 0.25) is 9.49 Å². The van der Waals surface area contributed by atoms with Crippen molar-refractivity contribution in [1.29, 1.82) is 0 Å². The van der Waals surface area contributed by atoms with Gasteiger partial charge in [-0.2, -0.15) is 4.57 Å². The summed E-state index contributed by atoms with van der Waals surface area (Å²) in [6.45, 7) is 0.767. The molecule has 1 aromatic heterocycles. The van der Waals surface area contributed by atoms with Crippen LogP contribution in [-0.4, -0.2) is 0 Å². The van der Waals surface area contributed by atoms with Gasteiger partial charge < -0.3 is 0 Å². The Morgan fingerprint density at radius 3 is 2.43 bits per heavy atom. The summed E-state index contributed by atoms with van der Waals surface area (Å²) in [5.41, 5.74) is 3.14. The largest absolute Gasteiger partial charge is 0.305 e. The molecule has 0 saturated heterocycles. The molecule has 72 valence electrons. The number of hydrogen-bond acceptors (Lipinski definition) is 1. The Hall–Kier alpha value is -0.570. The Balaban J connectivity index is 2.23. The summed E-state index contributed by atoms with van der Waals surface area (Å²) >= 11 is 13.3. The molecule has 0 aliphatic heterocycles. The van der Waals surface area contributed by atoms with Gasteiger partial charge >= 0.3 is 5.15 Å². The normalized spacial score (nSPS) is 10.4. The van der Waals surface area contributed by atoms with Gasteiger partial charge in [-0.15, -0.1) is 0 Å². The third kappa shape index (κ3) is 2.08. The van der Waals surface area contributed by atoms with Gasteiger partial charge in [0.05, 0.1) is 0 Å². The monoisotopic (exact) mass is 244 g/mol. The fourth-order valence-corrected chi connectivity index (χ4v) is 2.35. The molecule has 1 nitrogen and oxygen atoms in total. The first-order valence-corrected chi connectivity index (χ1v) is 5.77. The maximum atomic E-state index is 6.00. The van der Waals surface area contributed by atoms with Gasteiger partial charge in [-0.05, 0) is 11.6 Å². The number of thiazole rings is 1. The molecule has 0 N–H and O–H groups in total. The second-order valence-electron chi connectivity index (χ2n) is 2.90. The van der Waals surface area contributed by atoms with Crippen LogP contribution in [0.5, 0.6) is 0 Å². The summed E-state index contributed by atoms with van der Waals surface area (Å²) in [5.74, 6) is 0. The average molecular weight is 245 g/mol. The summed E-state index contributed by atoms with van der Waals surface area (Å²) in [6, 6.07) is 10.1. The topological polar surface area (TPSA) is 3.88 Å². The van der Waals surface area contributed by atoms with Gasteiger partial charge in [0.15, 0.2) is 10.9 Å². The summed E-state index contributed by atoms with van der Waals surface area (Å²) in [6.07, 6.45) is 0. The second-order valence-corrected chi connectivity index (χ2v) is 4.72. The molecule has 0 fully saturated rings. The van der Waals surface area contributed by atoms with Gasteiger partial charge in [-0.1, -0.05) is 53.3 Å². The predicted octanol–water partition coefficient (Wildman–Crippen LogP) is 3.39. The highest BCUT2D eigenvalue weighted by atomic mass is 35.5. The minimum absolute atomic E-state index is 0.612. The molecule has 4 heteroatoms. The quantitative estimate of drug-likeness (QED) is 0.714. The van der Waals surface area contributed by atoms with Gasteiger partial charge in [0, 0.05) is 5.56 Å². The van der Waals surface area contributed by atoms with Crippen molar-refractivity contribution in [1.82, 2.24) is 0 Å². The molecule has 1 heterocycles. The van der Waals surface area contributed by atoms with Crippen molar-refractivity contribution in [2.45, 2.75) is 6.54 Å². The van der Waals surface area contributed by atoms with Crippen molar-refractivity contribution in [3.05, 3.63) is 50.9 Å². The van der Waals surface area contributed by atoms with Crippen LogP contribution in [0.1, 0.15) is 5.56 Å². The standard InChI is InChI=1S/C10H8Cl2NS/c11-9-10(12)14-7-13(9)6-8-4-2-1-3-5-8/h1-5,7H,6H2/q+1. The lowest BCUT2D eigenvalue weighted by Crippen LogP contribution is -2.32. The van der Waals surface area contributed by atoms with Crippen molar-refractivity contribution in [3.63, 3.8) is 0 Å². The van der Waals surface area contributed by atoms with Gasteiger partial charge in [0.25, 0.3) is 0 Å². The van der Waals surface area contributed by atoms with Crippen LogP contribution < -0.4 is 4.57 Å². The van der Waals surface area contributed by atoms with E-state index in [9.17, 15) is 0 Å². The molecule has 0 aliphatic rings. The van der Waals surface area contributed by atoms with E-state index < -0.39 is 0 Å². The lowest BCUT2D eigenvalue weighted by Gasteiger charge is -1.94. The average Bonchev–Trinajstić information content (AvgIpc) is 2.52.